The Labute approximate surface area is 176 Å². The van der Waals surface area contributed by atoms with Crippen LogP contribution in [0.1, 0.15) is 48.4 Å². The quantitative estimate of drug-likeness (QED) is 0.565. The van der Waals surface area contributed by atoms with Gasteiger partial charge in [-0.3, -0.25) is 4.79 Å². The molecule has 0 aliphatic heterocycles. The molecule has 1 N–H and O–H groups in total. The lowest BCUT2D eigenvalue weighted by Crippen LogP contribution is -2.20. The average Bonchev–Trinajstić information content (AvgIpc) is 3.22. The van der Waals surface area contributed by atoms with Gasteiger partial charge in [0.2, 0.25) is 0 Å². The highest BCUT2D eigenvalue weighted by Gasteiger charge is 2.22. The molecule has 0 fully saturated rings. The Morgan fingerprint density at radius 3 is 2.67 bits per heavy atom. The lowest BCUT2D eigenvalue weighted by Gasteiger charge is -2.13. The number of ether oxygens (including phenoxy) is 1. The fourth-order valence-corrected chi connectivity index (χ4v) is 4.10. The fraction of sp³-hybridized carbons (Fsp3) is 0.360. The number of hydrogen-bond acceptors (Lipinski definition) is 4. The molecule has 1 heterocycles. The second-order valence-corrected chi connectivity index (χ2v) is 7.97. The van der Waals surface area contributed by atoms with E-state index in [0.29, 0.717) is 11.3 Å². The molecule has 0 unspecified atom stereocenters. The third-order valence-corrected chi connectivity index (χ3v) is 5.59. The second kappa shape index (κ2) is 8.74. The summed E-state index contributed by atoms with van der Waals surface area (Å²) in [5.74, 6) is 0.372. The van der Waals surface area contributed by atoms with Crippen LogP contribution in [0.3, 0.4) is 0 Å². The zero-order valence-corrected chi connectivity index (χ0v) is 17.5. The van der Waals surface area contributed by atoms with Crippen molar-refractivity contribution in [3.63, 3.8) is 0 Å². The summed E-state index contributed by atoms with van der Waals surface area (Å²) in [5.41, 5.74) is 4.95. The summed E-state index contributed by atoms with van der Waals surface area (Å²) in [4.78, 5) is 24.7. The van der Waals surface area contributed by atoms with Crippen LogP contribution in [0.15, 0.2) is 45.6 Å². The number of amides is 1. The van der Waals surface area contributed by atoms with E-state index >= 15 is 0 Å². The summed E-state index contributed by atoms with van der Waals surface area (Å²) < 4.78 is 11.4. The smallest absolute Gasteiger partial charge is 0.339 e. The molecular weight excluding hydrogens is 378 g/mol. The van der Waals surface area contributed by atoms with Crippen molar-refractivity contribution in [2.45, 2.75) is 52.4 Å². The normalized spacial score (nSPS) is 12.7. The minimum atomic E-state index is -0.258. The van der Waals surface area contributed by atoms with Gasteiger partial charge in [0.15, 0.2) is 6.61 Å². The molecule has 0 atom stereocenters. The van der Waals surface area contributed by atoms with E-state index in [-0.39, 0.29) is 18.1 Å². The standard InChI is InChI=1S/C25H27NO4/c1-3-4-6-17-9-11-18(12-10-17)26-23(27)15-29-21-13-16(2)14-22-24(21)19-7-5-8-20(19)25(28)30-22/h9-14H,3-8,15H2,1-2H3,(H,26,27). The maximum absolute atomic E-state index is 12.4. The molecule has 30 heavy (non-hydrogen) atoms. The van der Waals surface area contributed by atoms with Crippen LogP contribution in [-0.4, -0.2) is 12.5 Å². The van der Waals surface area contributed by atoms with Crippen LogP contribution in [-0.2, 0) is 24.1 Å². The lowest BCUT2D eigenvalue weighted by atomic mass is 10.0. The van der Waals surface area contributed by atoms with Gasteiger partial charge < -0.3 is 14.5 Å². The molecule has 2 aromatic carbocycles. The molecule has 0 bridgehead atoms. The molecule has 1 aliphatic rings. The Bertz CT molecular complexity index is 1130. The molecule has 1 aliphatic carbocycles. The van der Waals surface area contributed by atoms with E-state index in [9.17, 15) is 9.59 Å². The van der Waals surface area contributed by atoms with Crippen LogP contribution in [0.4, 0.5) is 5.69 Å². The number of nitrogens with one attached hydrogen (secondary N) is 1. The van der Waals surface area contributed by atoms with Gasteiger partial charge in [-0.25, -0.2) is 4.79 Å². The van der Waals surface area contributed by atoms with Crippen LogP contribution < -0.4 is 15.7 Å². The molecule has 5 heteroatoms. The molecule has 0 spiro atoms. The maximum atomic E-state index is 12.4. The van der Waals surface area contributed by atoms with E-state index < -0.39 is 0 Å². The number of carbonyl (C=O) groups is 1. The van der Waals surface area contributed by atoms with E-state index in [1.54, 1.807) is 0 Å². The Balaban J connectivity index is 1.49. The van der Waals surface area contributed by atoms with Crippen LogP contribution in [0.25, 0.3) is 11.0 Å². The minimum absolute atomic E-state index is 0.107. The van der Waals surface area contributed by atoms with Crippen LogP contribution in [0.5, 0.6) is 5.75 Å². The number of rotatable bonds is 7. The molecule has 5 nitrogen and oxygen atoms in total. The molecule has 3 aromatic rings. The van der Waals surface area contributed by atoms with Crippen molar-refractivity contribution >= 4 is 22.6 Å². The molecule has 4 rings (SSSR count). The summed E-state index contributed by atoms with van der Waals surface area (Å²) in [6, 6.07) is 11.7. The number of aryl methyl sites for hydroxylation is 3. The Hall–Kier alpha value is -3.08. The third-order valence-electron chi connectivity index (χ3n) is 5.59. The van der Waals surface area contributed by atoms with Crippen LogP contribution in [0, 0.1) is 6.92 Å². The van der Waals surface area contributed by atoms with Crippen molar-refractivity contribution in [1.82, 2.24) is 0 Å². The predicted octanol–water partition coefficient (Wildman–Crippen LogP) is 4.95. The monoisotopic (exact) mass is 405 g/mol. The first-order valence-corrected chi connectivity index (χ1v) is 10.7. The van der Waals surface area contributed by atoms with Crippen molar-refractivity contribution in [1.29, 1.82) is 0 Å². The number of hydrogen-bond donors (Lipinski definition) is 1. The number of benzene rings is 2. The molecule has 0 saturated heterocycles. The van der Waals surface area contributed by atoms with Gasteiger partial charge in [-0.15, -0.1) is 0 Å². The van der Waals surface area contributed by atoms with Gasteiger partial charge in [-0.2, -0.15) is 0 Å². The van der Waals surface area contributed by atoms with Crippen molar-refractivity contribution < 1.29 is 13.9 Å². The highest BCUT2D eigenvalue weighted by molar-refractivity contribution is 5.93. The Morgan fingerprint density at radius 2 is 1.90 bits per heavy atom. The second-order valence-electron chi connectivity index (χ2n) is 7.97. The molecule has 0 radical (unpaired) electrons. The number of carbonyl (C=O) groups excluding carboxylic acids is 1. The summed E-state index contributed by atoms with van der Waals surface area (Å²) in [6.45, 7) is 3.98. The molecular formula is C25H27NO4. The highest BCUT2D eigenvalue weighted by atomic mass is 16.5. The summed E-state index contributed by atoms with van der Waals surface area (Å²) in [5, 5.41) is 3.70. The lowest BCUT2D eigenvalue weighted by molar-refractivity contribution is -0.118. The van der Waals surface area contributed by atoms with Gasteiger partial charge in [-0.1, -0.05) is 25.5 Å². The Morgan fingerprint density at radius 1 is 1.13 bits per heavy atom. The van der Waals surface area contributed by atoms with Gasteiger partial charge in [0.05, 0.1) is 5.39 Å². The van der Waals surface area contributed by atoms with Gasteiger partial charge >= 0.3 is 5.63 Å². The van der Waals surface area contributed by atoms with Gasteiger partial charge in [0, 0.05) is 11.3 Å². The van der Waals surface area contributed by atoms with Crippen molar-refractivity contribution in [2.75, 3.05) is 11.9 Å². The first kappa shape index (κ1) is 20.2. The number of fused-ring (bicyclic) bond motifs is 3. The van der Waals surface area contributed by atoms with E-state index in [0.717, 1.165) is 66.3 Å². The molecule has 1 aromatic heterocycles. The van der Waals surface area contributed by atoms with E-state index in [1.807, 2.05) is 43.3 Å². The number of anilines is 1. The van der Waals surface area contributed by atoms with E-state index in [1.165, 1.54) is 5.56 Å². The third kappa shape index (κ3) is 4.25. The SMILES string of the molecule is CCCCc1ccc(NC(=O)COc2cc(C)cc3oc(=O)c4c(c23)CCC4)cc1. The predicted molar refractivity (Wildman–Crippen MR) is 118 cm³/mol. The van der Waals surface area contributed by atoms with Gasteiger partial charge in [-0.05, 0) is 80.0 Å². The topological polar surface area (TPSA) is 68.5 Å². The first-order chi connectivity index (χ1) is 14.5. The molecule has 0 saturated carbocycles. The highest BCUT2D eigenvalue weighted by Crippen LogP contribution is 2.35. The van der Waals surface area contributed by atoms with Crippen molar-refractivity contribution in [3.8, 4) is 5.75 Å². The largest absolute Gasteiger partial charge is 0.483 e. The van der Waals surface area contributed by atoms with Crippen LogP contribution >= 0.6 is 0 Å². The fourth-order valence-electron chi connectivity index (χ4n) is 4.10. The molecule has 1 amide bonds. The zero-order chi connectivity index (χ0) is 21.1. The van der Waals surface area contributed by atoms with Gasteiger partial charge in [0.1, 0.15) is 11.3 Å². The van der Waals surface area contributed by atoms with Gasteiger partial charge in [0.25, 0.3) is 5.91 Å². The first-order valence-electron chi connectivity index (χ1n) is 10.7. The van der Waals surface area contributed by atoms with Crippen molar-refractivity contribution in [2.24, 2.45) is 0 Å². The summed E-state index contributed by atoms with van der Waals surface area (Å²) >= 11 is 0. The number of unbranched alkanes of at least 4 members (excludes halogenated alkanes) is 1. The zero-order valence-electron chi connectivity index (χ0n) is 17.5. The van der Waals surface area contributed by atoms with Crippen LogP contribution in [0.2, 0.25) is 0 Å². The maximum Gasteiger partial charge on any atom is 0.339 e. The average molecular weight is 405 g/mol. The van der Waals surface area contributed by atoms with E-state index in [2.05, 4.69) is 12.2 Å². The van der Waals surface area contributed by atoms with Crippen molar-refractivity contribution in [3.05, 3.63) is 69.1 Å². The van der Waals surface area contributed by atoms with E-state index in [4.69, 9.17) is 9.15 Å². The Kier molecular flexibility index (Phi) is 5.88. The summed E-state index contributed by atoms with van der Waals surface area (Å²) in [7, 11) is 0. The summed E-state index contributed by atoms with van der Waals surface area (Å²) in [6.07, 6.45) is 5.86. The molecule has 156 valence electrons. The minimum Gasteiger partial charge on any atom is -0.483 e.